The lowest BCUT2D eigenvalue weighted by atomic mass is 10.00. The van der Waals surface area contributed by atoms with Crippen molar-refractivity contribution >= 4 is 57.8 Å². The molecule has 5 aliphatic rings. The van der Waals surface area contributed by atoms with E-state index in [0.717, 1.165) is 99.0 Å². The maximum absolute atomic E-state index is 15.4. The second-order valence-electron chi connectivity index (χ2n) is 16.8. The number of hydrogen-bond acceptors (Lipinski definition) is 11. The van der Waals surface area contributed by atoms with Crippen molar-refractivity contribution in [3.05, 3.63) is 95.4 Å². The van der Waals surface area contributed by atoms with Gasteiger partial charge in [-0.05, 0) is 99.3 Å². The van der Waals surface area contributed by atoms with Gasteiger partial charge < -0.3 is 20.4 Å². The minimum atomic E-state index is -0.711. The third-order valence-corrected chi connectivity index (χ3v) is 13.1. The lowest BCUT2D eigenvalue weighted by Crippen LogP contribution is -2.53. The number of fused-ring (bicyclic) bond motifs is 2. The van der Waals surface area contributed by atoms with Crippen molar-refractivity contribution in [3.63, 3.8) is 0 Å². The van der Waals surface area contributed by atoms with E-state index in [0.29, 0.717) is 35.7 Å². The van der Waals surface area contributed by atoms with Crippen molar-refractivity contribution < 1.29 is 18.8 Å². The van der Waals surface area contributed by atoms with E-state index in [4.69, 9.17) is 9.97 Å². The Labute approximate surface area is 348 Å². The van der Waals surface area contributed by atoms with Gasteiger partial charge in [0.15, 0.2) is 5.65 Å². The highest BCUT2D eigenvalue weighted by molar-refractivity contribution is 6.05. The predicted molar refractivity (Wildman–Crippen MR) is 227 cm³/mol. The molecule has 0 bridgehead atoms. The molecule has 10 rings (SSSR count). The minimum absolute atomic E-state index is 0.188. The summed E-state index contributed by atoms with van der Waals surface area (Å²) in [5.74, 6) is -0.182. The monoisotopic (exact) mass is 811 g/mol. The van der Waals surface area contributed by atoms with Crippen molar-refractivity contribution in [2.24, 2.45) is 0 Å². The van der Waals surface area contributed by atoms with Gasteiger partial charge in [0, 0.05) is 86.0 Å². The number of anilines is 5. The number of imidazole rings is 1. The van der Waals surface area contributed by atoms with Crippen LogP contribution < -0.4 is 20.9 Å². The van der Waals surface area contributed by atoms with E-state index in [2.05, 4.69) is 64.5 Å². The second kappa shape index (κ2) is 16.3. The van der Waals surface area contributed by atoms with Crippen LogP contribution in [0, 0.1) is 5.82 Å². The highest BCUT2D eigenvalue weighted by Gasteiger charge is 2.40. The molecule has 4 aliphatic heterocycles. The number of aromatic nitrogens is 4. The molecule has 0 spiro atoms. The number of carbonyl (C=O) groups excluding carboxylic acids is 3. The van der Waals surface area contributed by atoms with Gasteiger partial charge in [0.1, 0.15) is 17.4 Å². The summed E-state index contributed by atoms with van der Waals surface area (Å²) in [5, 5.41) is 9.27. The zero-order valence-corrected chi connectivity index (χ0v) is 33.7. The number of piperidine rings is 2. The Hall–Kier alpha value is -5.93. The molecule has 3 amide bonds. The van der Waals surface area contributed by atoms with Crippen molar-refractivity contribution in [1.29, 1.82) is 0 Å². The Kier molecular flexibility index (Phi) is 10.4. The van der Waals surface area contributed by atoms with E-state index in [1.807, 2.05) is 36.5 Å². The Balaban J connectivity index is 0.716. The highest BCUT2D eigenvalue weighted by Crippen LogP contribution is 2.36. The van der Waals surface area contributed by atoms with Crippen LogP contribution in [-0.4, -0.2) is 103 Å². The summed E-state index contributed by atoms with van der Waals surface area (Å²) in [5.41, 5.74) is 6.36. The van der Waals surface area contributed by atoms with Crippen LogP contribution in [0.15, 0.2) is 72.9 Å². The third-order valence-electron chi connectivity index (χ3n) is 13.1. The number of para-hydroxylation sites is 1. The van der Waals surface area contributed by atoms with Crippen LogP contribution in [0.2, 0.25) is 0 Å². The molecule has 1 aliphatic carbocycles. The first-order chi connectivity index (χ1) is 29.3. The summed E-state index contributed by atoms with van der Waals surface area (Å²) in [7, 11) is 0. The number of amides is 3. The Morgan fingerprint density at radius 2 is 1.53 bits per heavy atom. The van der Waals surface area contributed by atoms with E-state index >= 15 is 4.39 Å². The molecule has 0 radical (unpaired) electrons. The number of benzene rings is 3. The van der Waals surface area contributed by atoms with Gasteiger partial charge >= 0.3 is 0 Å². The van der Waals surface area contributed by atoms with Gasteiger partial charge in [0.25, 0.3) is 5.91 Å². The number of piperazine rings is 1. The van der Waals surface area contributed by atoms with Gasteiger partial charge in [0.05, 0.1) is 6.20 Å². The maximum atomic E-state index is 15.4. The number of likely N-dealkylation sites (tertiary alicyclic amines) is 1. The normalized spacial score (nSPS) is 20.9. The first-order valence-corrected chi connectivity index (χ1v) is 21.4. The predicted octanol–water partition coefficient (Wildman–Crippen LogP) is 6.12. The van der Waals surface area contributed by atoms with Crippen LogP contribution in [0.1, 0.15) is 78.9 Å². The van der Waals surface area contributed by atoms with Gasteiger partial charge in [-0.1, -0.05) is 31.0 Å². The molecule has 310 valence electrons. The average Bonchev–Trinajstić information content (AvgIpc) is 4.00. The number of imide groups is 1. The molecule has 4 fully saturated rings. The molecule has 2 aromatic heterocycles. The van der Waals surface area contributed by atoms with Crippen LogP contribution in [-0.2, 0) is 22.7 Å². The van der Waals surface area contributed by atoms with Crippen LogP contribution in [0.5, 0.6) is 0 Å². The molecule has 60 heavy (non-hydrogen) atoms. The molecule has 3 saturated heterocycles. The number of hydrogen-bond donors (Lipinski definition) is 3. The summed E-state index contributed by atoms with van der Waals surface area (Å²) in [6, 6.07) is 21.9. The van der Waals surface area contributed by atoms with E-state index < -0.39 is 17.8 Å². The zero-order valence-electron chi connectivity index (χ0n) is 33.7. The molecule has 1 unspecified atom stereocenters. The van der Waals surface area contributed by atoms with Gasteiger partial charge in [-0.3, -0.25) is 34.1 Å². The first-order valence-electron chi connectivity index (χ1n) is 21.4. The number of carbonyl (C=O) groups is 3. The number of nitrogens with one attached hydrogen (secondary N) is 3. The van der Waals surface area contributed by atoms with E-state index in [-0.39, 0.29) is 31.2 Å². The van der Waals surface area contributed by atoms with Crippen LogP contribution in [0.4, 0.5) is 33.3 Å². The van der Waals surface area contributed by atoms with Crippen molar-refractivity contribution in [3.8, 4) is 0 Å². The molecule has 1 atom stereocenters. The smallest absolute Gasteiger partial charge is 0.255 e. The summed E-state index contributed by atoms with van der Waals surface area (Å²) in [6.07, 6.45) is 8.96. The molecule has 6 heterocycles. The van der Waals surface area contributed by atoms with Gasteiger partial charge in [-0.2, -0.15) is 4.98 Å². The number of nitrogens with zero attached hydrogens (tertiary/aromatic N) is 8. The fourth-order valence-corrected chi connectivity index (χ4v) is 9.87. The van der Waals surface area contributed by atoms with Crippen molar-refractivity contribution in [2.45, 2.75) is 82.6 Å². The van der Waals surface area contributed by atoms with Crippen LogP contribution >= 0.6 is 0 Å². The molecule has 3 N–H and O–H groups in total. The van der Waals surface area contributed by atoms with Crippen molar-refractivity contribution in [2.75, 3.05) is 54.8 Å². The highest BCUT2D eigenvalue weighted by atomic mass is 19.1. The fourth-order valence-electron chi connectivity index (χ4n) is 9.87. The van der Waals surface area contributed by atoms with Gasteiger partial charge in [-0.15, -0.1) is 0 Å². The quantitative estimate of drug-likeness (QED) is 0.141. The molecular weight excluding hydrogens is 762 g/mol. The fraction of sp³-hybridized carbons (Fsp3) is 0.422. The number of halogens is 1. The van der Waals surface area contributed by atoms with Crippen molar-refractivity contribution in [1.82, 2.24) is 39.5 Å². The first kappa shape index (κ1) is 38.3. The zero-order chi connectivity index (χ0) is 40.7. The minimum Gasteiger partial charge on any atom is -0.369 e. The molecule has 3 aromatic carbocycles. The van der Waals surface area contributed by atoms with E-state index in [1.165, 1.54) is 29.5 Å². The lowest BCUT2D eigenvalue weighted by molar-refractivity contribution is -0.136. The topological polar surface area (TPSA) is 144 Å². The Morgan fingerprint density at radius 1 is 0.783 bits per heavy atom. The molecule has 1 saturated carbocycles. The lowest BCUT2D eigenvalue weighted by Gasteiger charge is -2.43. The number of rotatable bonds is 10. The molecular formula is C45H50FN11O3. The van der Waals surface area contributed by atoms with Gasteiger partial charge in [0.2, 0.25) is 23.7 Å². The Morgan fingerprint density at radius 3 is 2.28 bits per heavy atom. The molecule has 14 nitrogen and oxygen atoms in total. The maximum Gasteiger partial charge on any atom is 0.255 e. The summed E-state index contributed by atoms with van der Waals surface area (Å²) >= 11 is 0. The second-order valence-corrected chi connectivity index (χ2v) is 16.8. The molecule has 5 aromatic rings. The van der Waals surface area contributed by atoms with E-state index in [9.17, 15) is 14.4 Å². The van der Waals surface area contributed by atoms with E-state index in [1.54, 1.807) is 6.07 Å². The standard InChI is InChI=1S/C45H50FN11O3/c46-37-25-36-29(28-56(43(36)60)39-14-15-40(58)51-42(39)59)24-30(37)27-53-18-16-34(17-19-53)55-22-20-54(21-23-55)33-12-10-32(11-13-33)48-44-47-26-38-41(52-44)57(35-8-4-5-9-35)45(50-38)49-31-6-2-1-3-7-31/h1-3,6-7,10-13,24-26,34-35,39H,4-5,8-9,14-23,27-28H2,(H,49,50)(H,47,48,52)(H,51,58,59). The summed E-state index contributed by atoms with van der Waals surface area (Å²) < 4.78 is 17.6. The summed E-state index contributed by atoms with van der Waals surface area (Å²) in [4.78, 5) is 60.5. The van der Waals surface area contributed by atoms with Gasteiger partial charge in [-0.25, -0.2) is 14.4 Å². The average molecular weight is 812 g/mol. The van der Waals surface area contributed by atoms with Crippen LogP contribution in [0.25, 0.3) is 11.2 Å². The largest absolute Gasteiger partial charge is 0.369 e. The summed E-state index contributed by atoms with van der Waals surface area (Å²) in [6.45, 7) is 6.37. The van der Waals surface area contributed by atoms with Crippen LogP contribution in [0.3, 0.4) is 0 Å². The molecule has 15 heteroatoms. The SMILES string of the molecule is O=C1CCC(N2Cc3cc(CN4CCC(N5CCN(c6ccc(Nc7ncc8nc(Nc9ccccc9)n(C9CCCC9)c8n7)cc6)CC5)CC4)c(F)cc3C2=O)C(=O)N1. The Bertz CT molecular complexity index is 2400. The third kappa shape index (κ3) is 7.67.